The number of ketones is 1. The minimum Gasteiger partial charge on any atom is -0.377 e. The van der Waals surface area contributed by atoms with Gasteiger partial charge in [-0.2, -0.15) is 0 Å². The van der Waals surface area contributed by atoms with Gasteiger partial charge in [0, 0.05) is 32.2 Å². The molecule has 1 N–H and O–H groups in total. The molecular formula is C25H19BrClNO. The van der Waals surface area contributed by atoms with E-state index in [2.05, 4.69) is 57.7 Å². The van der Waals surface area contributed by atoms with Crippen LogP contribution in [0.1, 0.15) is 45.4 Å². The standard InChI is InChI=1S/C25H19BrClNO/c26-17-11-9-15(10-12-17)23-20-8-4-7-19(20)21-13-18(27)14-22(24(21)28-23)25(29)16-5-2-1-3-6-16/h1-7,9-14,19-20,23,28H,8H2/t19-,20+,23-/m1/s1. The fourth-order valence-electron chi connectivity index (χ4n) is 4.59. The highest BCUT2D eigenvalue weighted by atomic mass is 79.9. The number of halogens is 2. The van der Waals surface area contributed by atoms with Crippen LogP contribution in [-0.2, 0) is 0 Å². The molecule has 1 heterocycles. The summed E-state index contributed by atoms with van der Waals surface area (Å²) in [6.45, 7) is 0. The largest absolute Gasteiger partial charge is 0.377 e. The van der Waals surface area contributed by atoms with Crippen LogP contribution in [0.15, 0.2) is 83.4 Å². The van der Waals surface area contributed by atoms with Gasteiger partial charge in [-0.1, -0.05) is 82.1 Å². The minimum absolute atomic E-state index is 0.00756. The molecule has 0 spiro atoms. The molecule has 3 aromatic carbocycles. The van der Waals surface area contributed by atoms with Crippen molar-refractivity contribution in [2.75, 3.05) is 5.32 Å². The Labute approximate surface area is 183 Å². The number of anilines is 1. The van der Waals surface area contributed by atoms with E-state index in [1.807, 2.05) is 36.4 Å². The molecular weight excluding hydrogens is 446 g/mol. The van der Waals surface area contributed by atoms with Gasteiger partial charge in [0.25, 0.3) is 0 Å². The van der Waals surface area contributed by atoms with Crippen LogP contribution in [0.4, 0.5) is 5.69 Å². The number of carbonyl (C=O) groups excluding carboxylic acids is 1. The first-order valence-corrected chi connectivity index (χ1v) is 10.9. The van der Waals surface area contributed by atoms with E-state index < -0.39 is 0 Å². The SMILES string of the molecule is O=C(c1ccccc1)c1cc(Cl)cc2c1N[C@H](c1ccc(Br)cc1)[C@H]1CC=C[C@@H]21. The molecule has 3 atom stereocenters. The molecule has 2 aliphatic rings. The minimum atomic E-state index is -0.00756. The summed E-state index contributed by atoms with van der Waals surface area (Å²) < 4.78 is 1.06. The average molecular weight is 465 g/mol. The van der Waals surface area contributed by atoms with Gasteiger partial charge in [0.05, 0.1) is 6.04 Å². The van der Waals surface area contributed by atoms with Gasteiger partial charge in [-0.25, -0.2) is 0 Å². The quantitative estimate of drug-likeness (QED) is 0.329. The first kappa shape index (κ1) is 18.7. The maximum atomic E-state index is 13.3. The third-order valence-corrected chi connectivity index (χ3v) is 6.69. The Kier molecular flexibility index (Phi) is 4.81. The number of benzene rings is 3. The van der Waals surface area contributed by atoms with E-state index in [-0.39, 0.29) is 17.7 Å². The number of carbonyl (C=O) groups is 1. The average Bonchev–Trinajstić information content (AvgIpc) is 3.24. The first-order valence-electron chi connectivity index (χ1n) is 9.73. The van der Waals surface area contributed by atoms with Crippen molar-refractivity contribution in [1.29, 1.82) is 0 Å². The Morgan fingerprint density at radius 3 is 2.55 bits per heavy atom. The topological polar surface area (TPSA) is 29.1 Å². The van der Waals surface area contributed by atoms with Crippen molar-refractivity contribution >= 4 is 39.0 Å². The summed E-state index contributed by atoms with van der Waals surface area (Å²) in [5.41, 5.74) is 4.56. The summed E-state index contributed by atoms with van der Waals surface area (Å²) in [7, 11) is 0. The van der Waals surface area contributed by atoms with Crippen LogP contribution in [0, 0.1) is 5.92 Å². The summed E-state index contributed by atoms with van der Waals surface area (Å²) in [4.78, 5) is 13.3. The third kappa shape index (κ3) is 3.33. The lowest BCUT2D eigenvalue weighted by Gasteiger charge is -2.38. The van der Waals surface area contributed by atoms with E-state index in [0.29, 0.717) is 22.1 Å². The van der Waals surface area contributed by atoms with E-state index in [1.54, 1.807) is 6.07 Å². The van der Waals surface area contributed by atoms with Crippen molar-refractivity contribution in [3.05, 3.63) is 111 Å². The van der Waals surface area contributed by atoms with Crippen LogP contribution in [0.5, 0.6) is 0 Å². The Hall–Kier alpha value is -2.36. The lowest BCUT2D eigenvalue weighted by atomic mass is 9.76. The fraction of sp³-hybridized carbons (Fsp3) is 0.160. The molecule has 144 valence electrons. The van der Waals surface area contributed by atoms with Crippen molar-refractivity contribution in [3.63, 3.8) is 0 Å². The molecule has 2 nitrogen and oxygen atoms in total. The van der Waals surface area contributed by atoms with Crippen LogP contribution in [0.25, 0.3) is 0 Å². The molecule has 0 bridgehead atoms. The van der Waals surface area contributed by atoms with E-state index in [9.17, 15) is 4.79 Å². The van der Waals surface area contributed by atoms with Crippen LogP contribution >= 0.6 is 27.5 Å². The zero-order chi connectivity index (χ0) is 20.0. The Morgan fingerprint density at radius 1 is 1.03 bits per heavy atom. The highest BCUT2D eigenvalue weighted by molar-refractivity contribution is 9.10. The van der Waals surface area contributed by atoms with Gasteiger partial charge in [-0.15, -0.1) is 0 Å². The van der Waals surface area contributed by atoms with E-state index in [4.69, 9.17) is 11.6 Å². The number of allylic oxidation sites excluding steroid dienone is 2. The maximum absolute atomic E-state index is 13.3. The zero-order valence-corrected chi connectivity index (χ0v) is 18.0. The molecule has 0 unspecified atom stereocenters. The van der Waals surface area contributed by atoms with Crippen LogP contribution in [0.2, 0.25) is 5.02 Å². The normalized spacial score (nSPS) is 21.9. The molecule has 1 aliphatic heterocycles. The zero-order valence-electron chi connectivity index (χ0n) is 15.6. The van der Waals surface area contributed by atoms with Gasteiger partial charge in [-0.3, -0.25) is 4.79 Å². The van der Waals surface area contributed by atoms with Crippen LogP contribution in [-0.4, -0.2) is 5.78 Å². The van der Waals surface area contributed by atoms with Crippen molar-refractivity contribution in [1.82, 2.24) is 0 Å². The van der Waals surface area contributed by atoms with Crippen molar-refractivity contribution in [3.8, 4) is 0 Å². The van der Waals surface area contributed by atoms with Crippen molar-refractivity contribution in [2.24, 2.45) is 5.92 Å². The van der Waals surface area contributed by atoms with Gasteiger partial charge in [0.2, 0.25) is 0 Å². The number of hydrogen-bond donors (Lipinski definition) is 1. The summed E-state index contributed by atoms with van der Waals surface area (Å²) in [5, 5.41) is 4.32. The Balaban J connectivity index is 1.64. The summed E-state index contributed by atoms with van der Waals surface area (Å²) in [5.74, 6) is 0.648. The van der Waals surface area contributed by atoms with Gasteiger partial charge >= 0.3 is 0 Å². The Bertz CT molecular complexity index is 1110. The molecule has 1 aliphatic carbocycles. The number of nitrogens with one attached hydrogen (secondary N) is 1. The molecule has 5 rings (SSSR count). The highest BCUT2D eigenvalue weighted by Gasteiger charge is 2.39. The number of fused-ring (bicyclic) bond motifs is 3. The highest BCUT2D eigenvalue weighted by Crippen LogP contribution is 2.51. The summed E-state index contributed by atoms with van der Waals surface area (Å²) >= 11 is 9.99. The molecule has 29 heavy (non-hydrogen) atoms. The number of rotatable bonds is 3. The van der Waals surface area contributed by atoms with Crippen molar-refractivity contribution < 1.29 is 4.79 Å². The second-order valence-electron chi connectivity index (χ2n) is 7.64. The third-order valence-electron chi connectivity index (χ3n) is 5.94. The van der Waals surface area contributed by atoms with Gasteiger partial charge < -0.3 is 5.32 Å². The lowest BCUT2D eigenvalue weighted by Crippen LogP contribution is -2.30. The summed E-state index contributed by atoms with van der Waals surface area (Å²) in [6, 6.07) is 21.8. The smallest absolute Gasteiger partial charge is 0.195 e. The second kappa shape index (κ2) is 7.47. The predicted molar refractivity (Wildman–Crippen MR) is 122 cm³/mol. The Morgan fingerprint density at radius 2 is 1.79 bits per heavy atom. The molecule has 0 aromatic heterocycles. The monoisotopic (exact) mass is 463 g/mol. The number of hydrogen-bond acceptors (Lipinski definition) is 2. The second-order valence-corrected chi connectivity index (χ2v) is 8.99. The van der Waals surface area contributed by atoms with Crippen LogP contribution < -0.4 is 5.32 Å². The predicted octanol–water partition coefficient (Wildman–Crippen LogP) is 7.16. The van der Waals surface area contributed by atoms with Crippen LogP contribution in [0.3, 0.4) is 0 Å². The van der Waals surface area contributed by atoms with E-state index in [1.165, 1.54) is 5.56 Å². The maximum Gasteiger partial charge on any atom is 0.195 e. The van der Waals surface area contributed by atoms with Gasteiger partial charge in [0.15, 0.2) is 5.78 Å². The molecule has 4 heteroatoms. The lowest BCUT2D eigenvalue weighted by molar-refractivity contribution is 0.103. The molecule has 0 saturated carbocycles. The molecule has 0 fully saturated rings. The first-order chi connectivity index (χ1) is 14.1. The molecule has 0 saturated heterocycles. The molecule has 0 amide bonds. The van der Waals surface area contributed by atoms with Gasteiger partial charge in [0.1, 0.15) is 0 Å². The fourth-order valence-corrected chi connectivity index (χ4v) is 5.08. The van der Waals surface area contributed by atoms with Gasteiger partial charge in [-0.05, 0) is 47.7 Å². The van der Waals surface area contributed by atoms with E-state index >= 15 is 0 Å². The van der Waals surface area contributed by atoms with Crippen molar-refractivity contribution in [2.45, 2.75) is 18.4 Å². The van der Waals surface area contributed by atoms with E-state index in [0.717, 1.165) is 22.1 Å². The molecule has 0 radical (unpaired) electrons. The molecule has 3 aromatic rings. The summed E-state index contributed by atoms with van der Waals surface area (Å²) in [6.07, 6.45) is 5.52.